The van der Waals surface area contributed by atoms with E-state index < -0.39 is 5.54 Å². The normalized spacial score (nSPS) is 13.1. The zero-order chi connectivity index (χ0) is 11.4. The largest absolute Gasteiger partial charge is 0.409 e. The fourth-order valence-electron chi connectivity index (χ4n) is 0.959. The summed E-state index contributed by atoms with van der Waals surface area (Å²) in [7, 11) is 0. The number of carbonyl (C=O) groups excluding carboxylic acids is 1. The molecule has 5 heteroatoms. The molecule has 0 radical (unpaired) electrons. The second-order valence-corrected chi connectivity index (χ2v) is 4.26. The van der Waals surface area contributed by atoms with Crippen molar-refractivity contribution in [3.63, 3.8) is 0 Å². The second kappa shape index (κ2) is 4.83. The molecule has 0 bridgehead atoms. The van der Waals surface area contributed by atoms with E-state index in [1.807, 2.05) is 13.8 Å². The zero-order valence-electron chi connectivity index (χ0n) is 9.16. The van der Waals surface area contributed by atoms with Gasteiger partial charge in [0, 0.05) is 6.42 Å². The van der Waals surface area contributed by atoms with Crippen LogP contribution in [-0.4, -0.2) is 22.5 Å². The Labute approximate surface area is 84.4 Å². The molecule has 0 heterocycles. The molecule has 4 N–H and O–H groups in total. The van der Waals surface area contributed by atoms with E-state index in [0.717, 1.165) is 0 Å². The van der Waals surface area contributed by atoms with Crippen LogP contribution in [0.4, 0.5) is 0 Å². The van der Waals surface area contributed by atoms with E-state index >= 15 is 0 Å². The fourth-order valence-corrected chi connectivity index (χ4v) is 0.959. The average molecular weight is 201 g/mol. The van der Waals surface area contributed by atoms with Crippen LogP contribution in [0.25, 0.3) is 0 Å². The number of hydrogen-bond donors (Lipinski definition) is 3. The van der Waals surface area contributed by atoms with Gasteiger partial charge in [0.2, 0.25) is 5.91 Å². The topological polar surface area (TPSA) is 87.7 Å². The molecule has 0 aromatic carbocycles. The molecule has 1 amide bonds. The van der Waals surface area contributed by atoms with Gasteiger partial charge in [-0.25, -0.2) is 0 Å². The second-order valence-electron chi connectivity index (χ2n) is 4.26. The standard InChI is InChI=1S/C9H19N3O2/c1-6(2)5-7(13)11-9(3,4)8(10)12-14/h6,14H,5H2,1-4H3,(H2,10,12)(H,11,13). The first-order valence-corrected chi connectivity index (χ1v) is 4.58. The van der Waals surface area contributed by atoms with Crippen molar-refractivity contribution in [3.05, 3.63) is 0 Å². The minimum atomic E-state index is -0.805. The summed E-state index contributed by atoms with van der Waals surface area (Å²) in [6, 6.07) is 0. The first kappa shape index (κ1) is 12.7. The summed E-state index contributed by atoms with van der Waals surface area (Å²) in [5.74, 6) is 0.185. The third kappa shape index (κ3) is 4.11. The smallest absolute Gasteiger partial charge is 0.221 e. The maximum Gasteiger partial charge on any atom is 0.221 e. The van der Waals surface area contributed by atoms with Crippen molar-refractivity contribution < 1.29 is 10.0 Å². The summed E-state index contributed by atoms with van der Waals surface area (Å²) in [6.45, 7) is 7.27. The molecular formula is C9H19N3O2. The van der Waals surface area contributed by atoms with Crippen LogP contribution >= 0.6 is 0 Å². The van der Waals surface area contributed by atoms with Crippen molar-refractivity contribution in [2.45, 2.75) is 39.7 Å². The van der Waals surface area contributed by atoms with Gasteiger partial charge in [-0.15, -0.1) is 0 Å². The van der Waals surface area contributed by atoms with E-state index in [0.29, 0.717) is 6.42 Å². The Morgan fingerprint density at radius 3 is 2.43 bits per heavy atom. The minimum Gasteiger partial charge on any atom is -0.409 e. The quantitative estimate of drug-likeness (QED) is 0.270. The van der Waals surface area contributed by atoms with Gasteiger partial charge in [0.25, 0.3) is 0 Å². The number of carbonyl (C=O) groups is 1. The highest BCUT2D eigenvalue weighted by atomic mass is 16.4. The SMILES string of the molecule is CC(C)CC(=O)NC(C)(C)/C(N)=N/O. The van der Waals surface area contributed by atoms with Gasteiger partial charge in [0.05, 0.1) is 5.54 Å². The Bertz CT molecular complexity index is 234. The lowest BCUT2D eigenvalue weighted by atomic mass is 10.0. The molecule has 0 aliphatic heterocycles. The van der Waals surface area contributed by atoms with Crippen LogP contribution in [-0.2, 0) is 4.79 Å². The molecule has 0 fully saturated rings. The van der Waals surface area contributed by atoms with E-state index in [1.54, 1.807) is 13.8 Å². The number of amides is 1. The number of rotatable bonds is 4. The lowest BCUT2D eigenvalue weighted by Crippen LogP contribution is -2.53. The third-order valence-electron chi connectivity index (χ3n) is 1.79. The lowest BCUT2D eigenvalue weighted by molar-refractivity contribution is -0.122. The lowest BCUT2D eigenvalue weighted by Gasteiger charge is -2.24. The minimum absolute atomic E-state index is 0.00499. The molecule has 0 unspecified atom stereocenters. The van der Waals surface area contributed by atoms with Gasteiger partial charge < -0.3 is 16.3 Å². The Morgan fingerprint density at radius 2 is 2.07 bits per heavy atom. The van der Waals surface area contributed by atoms with Gasteiger partial charge in [-0.2, -0.15) is 0 Å². The first-order chi connectivity index (χ1) is 6.29. The molecule has 0 rings (SSSR count). The highest BCUT2D eigenvalue weighted by Gasteiger charge is 2.25. The Kier molecular flexibility index (Phi) is 4.40. The van der Waals surface area contributed by atoms with E-state index in [4.69, 9.17) is 10.9 Å². The van der Waals surface area contributed by atoms with Crippen LogP contribution in [0.15, 0.2) is 5.16 Å². The van der Waals surface area contributed by atoms with Crippen molar-refractivity contribution >= 4 is 11.7 Å². The van der Waals surface area contributed by atoms with E-state index in [1.165, 1.54) is 0 Å². The number of nitrogens with one attached hydrogen (secondary N) is 1. The summed E-state index contributed by atoms with van der Waals surface area (Å²) in [5, 5.41) is 14.0. The molecule has 0 saturated heterocycles. The predicted octanol–water partition coefficient (Wildman–Crippen LogP) is 0.674. The van der Waals surface area contributed by atoms with E-state index in [9.17, 15) is 4.79 Å². The summed E-state index contributed by atoms with van der Waals surface area (Å²) >= 11 is 0. The summed E-state index contributed by atoms with van der Waals surface area (Å²) in [4.78, 5) is 11.4. The highest BCUT2D eigenvalue weighted by Crippen LogP contribution is 2.05. The van der Waals surface area contributed by atoms with Gasteiger partial charge >= 0.3 is 0 Å². The van der Waals surface area contributed by atoms with Crippen LogP contribution < -0.4 is 11.1 Å². The number of oxime groups is 1. The fraction of sp³-hybridized carbons (Fsp3) is 0.778. The number of nitrogens with zero attached hydrogens (tertiary/aromatic N) is 1. The predicted molar refractivity (Wildman–Crippen MR) is 55.1 cm³/mol. The van der Waals surface area contributed by atoms with Crippen LogP contribution in [0.3, 0.4) is 0 Å². The summed E-state index contributed by atoms with van der Waals surface area (Å²) in [6.07, 6.45) is 0.433. The molecule has 0 spiro atoms. The van der Waals surface area contributed by atoms with Crippen LogP contribution in [0, 0.1) is 5.92 Å². The first-order valence-electron chi connectivity index (χ1n) is 4.58. The molecule has 0 aromatic heterocycles. The summed E-state index contributed by atoms with van der Waals surface area (Å²) < 4.78 is 0. The van der Waals surface area contributed by atoms with Crippen LogP contribution in [0.1, 0.15) is 34.1 Å². The van der Waals surface area contributed by atoms with Gasteiger partial charge in [0.1, 0.15) is 0 Å². The zero-order valence-corrected chi connectivity index (χ0v) is 9.16. The van der Waals surface area contributed by atoms with Crippen LogP contribution in [0.2, 0.25) is 0 Å². The molecule has 0 aliphatic rings. The third-order valence-corrected chi connectivity index (χ3v) is 1.79. The molecule has 0 aliphatic carbocycles. The molecule has 14 heavy (non-hydrogen) atoms. The van der Waals surface area contributed by atoms with Crippen molar-refractivity contribution in [1.29, 1.82) is 0 Å². The van der Waals surface area contributed by atoms with E-state index in [2.05, 4.69) is 10.5 Å². The average Bonchev–Trinajstić information content (AvgIpc) is 1.99. The summed E-state index contributed by atoms with van der Waals surface area (Å²) in [5.41, 5.74) is 4.61. The van der Waals surface area contributed by atoms with Gasteiger partial charge in [0.15, 0.2) is 5.84 Å². The number of amidine groups is 1. The maximum atomic E-state index is 11.4. The molecule has 0 saturated carbocycles. The molecule has 0 aromatic rings. The maximum absolute atomic E-state index is 11.4. The highest BCUT2D eigenvalue weighted by molar-refractivity contribution is 5.93. The van der Waals surface area contributed by atoms with Crippen LogP contribution in [0.5, 0.6) is 0 Å². The van der Waals surface area contributed by atoms with Crippen molar-refractivity contribution in [1.82, 2.24) is 5.32 Å². The van der Waals surface area contributed by atoms with Crippen molar-refractivity contribution in [2.24, 2.45) is 16.8 Å². The van der Waals surface area contributed by atoms with Gasteiger partial charge in [-0.1, -0.05) is 19.0 Å². The van der Waals surface area contributed by atoms with Gasteiger partial charge in [-0.05, 0) is 19.8 Å². The monoisotopic (exact) mass is 201 g/mol. The van der Waals surface area contributed by atoms with Gasteiger partial charge in [-0.3, -0.25) is 4.79 Å². The number of hydrogen-bond acceptors (Lipinski definition) is 3. The molecule has 0 atom stereocenters. The Balaban J connectivity index is 4.29. The van der Waals surface area contributed by atoms with Crippen molar-refractivity contribution in [2.75, 3.05) is 0 Å². The Morgan fingerprint density at radius 1 is 1.57 bits per heavy atom. The molecular weight excluding hydrogens is 182 g/mol. The number of nitrogens with two attached hydrogens (primary N) is 1. The molecule has 5 nitrogen and oxygen atoms in total. The van der Waals surface area contributed by atoms with Crippen molar-refractivity contribution in [3.8, 4) is 0 Å². The molecule has 82 valence electrons. The Hall–Kier alpha value is -1.26. The van der Waals surface area contributed by atoms with E-state index in [-0.39, 0.29) is 17.7 Å².